The van der Waals surface area contributed by atoms with Crippen LogP contribution in [-0.2, 0) is 6.54 Å². The SMILES string of the molecule is N#Cc1ccc(C(=O)N2CCC(Cn3ncc4cc(-c5cn[nH]c5)ccc43)CC2)cc1. The van der Waals surface area contributed by atoms with Gasteiger partial charge in [-0.2, -0.15) is 15.5 Å². The van der Waals surface area contributed by atoms with Crippen LogP contribution in [0.1, 0.15) is 28.8 Å². The van der Waals surface area contributed by atoms with Crippen LogP contribution in [-0.4, -0.2) is 43.9 Å². The molecule has 0 spiro atoms. The van der Waals surface area contributed by atoms with E-state index in [2.05, 4.69) is 44.2 Å². The number of carbonyl (C=O) groups excluding carboxylic acids is 1. The molecule has 0 radical (unpaired) electrons. The van der Waals surface area contributed by atoms with Crippen molar-refractivity contribution in [1.82, 2.24) is 24.9 Å². The van der Waals surface area contributed by atoms with Crippen LogP contribution in [0.3, 0.4) is 0 Å². The van der Waals surface area contributed by atoms with Gasteiger partial charge in [0.05, 0.1) is 29.5 Å². The summed E-state index contributed by atoms with van der Waals surface area (Å²) in [7, 11) is 0. The summed E-state index contributed by atoms with van der Waals surface area (Å²) in [6, 6.07) is 15.3. The van der Waals surface area contributed by atoms with Gasteiger partial charge >= 0.3 is 0 Å². The number of likely N-dealkylation sites (tertiary alicyclic amines) is 1. The lowest BCUT2D eigenvalue weighted by Crippen LogP contribution is -2.39. The van der Waals surface area contributed by atoms with Gasteiger partial charge in [0.2, 0.25) is 0 Å². The number of benzene rings is 2. The third kappa shape index (κ3) is 3.80. The number of carbonyl (C=O) groups is 1. The van der Waals surface area contributed by atoms with Crippen molar-refractivity contribution in [1.29, 1.82) is 5.26 Å². The molecule has 5 rings (SSSR count). The number of H-pyrrole nitrogens is 1. The number of aromatic nitrogens is 4. The van der Waals surface area contributed by atoms with E-state index in [-0.39, 0.29) is 5.91 Å². The Morgan fingerprint density at radius 3 is 2.61 bits per heavy atom. The van der Waals surface area contributed by atoms with Crippen molar-refractivity contribution in [2.24, 2.45) is 5.92 Å². The van der Waals surface area contributed by atoms with Crippen LogP contribution in [0.25, 0.3) is 22.0 Å². The third-order valence-corrected chi connectivity index (χ3v) is 6.07. The standard InChI is InChI=1S/C24H22N6O/c25-12-17-1-3-19(4-2-17)24(31)29-9-7-18(8-10-29)16-30-23-6-5-20(11-21(23)15-28-30)22-13-26-27-14-22/h1-6,11,13-15,18H,7-10,16H2,(H,26,27). The number of fused-ring (bicyclic) bond motifs is 1. The lowest BCUT2D eigenvalue weighted by molar-refractivity contribution is 0.0682. The van der Waals surface area contributed by atoms with Crippen LogP contribution in [0.5, 0.6) is 0 Å². The van der Waals surface area contributed by atoms with E-state index in [1.54, 1.807) is 24.3 Å². The number of nitrogens with zero attached hydrogens (tertiary/aromatic N) is 5. The second-order valence-electron chi connectivity index (χ2n) is 8.01. The molecular formula is C24H22N6O. The van der Waals surface area contributed by atoms with Gasteiger partial charge < -0.3 is 4.90 Å². The van der Waals surface area contributed by atoms with E-state index in [0.29, 0.717) is 17.0 Å². The normalized spacial score (nSPS) is 14.6. The molecule has 7 nitrogen and oxygen atoms in total. The largest absolute Gasteiger partial charge is 0.339 e. The molecule has 1 N–H and O–H groups in total. The first-order valence-corrected chi connectivity index (χ1v) is 10.5. The molecule has 154 valence electrons. The van der Waals surface area contributed by atoms with E-state index in [0.717, 1.165) is 54.5 Å². The van der Waals surface area contributed by atoms with E-state index in [1.165, 1.54) is 0 Å². The van der Waals surface area contributed by atoms with Crippen molar-refractivity contribution >= 4 is 16.8 Å². The van der Waals surface area contributed by atoms with Crippen LogP contribution in [0.2, 0.25) is 0 Å². The van der Waals surface area contributed by atoms with Gasteiger partial charge in [-0.05, 0) is 60.7 Å². The summed E-state index contributed by atoms with van der Waals surface area (Å²) < 4.78 is 2.08. The summed E-state index contributed by atoms with van der Waals surface area (Å²) in [4.78, 5) is 14.7. The van der Waals surface area contributed by atoms with Gasteiger partial charge in [0, 0.05) is 42.3 Å². The van der Waals surface area contributed by atoms with E-state index in [4.69, 9.17) is 5.26 Å². The molecule has 0 atom stereocenters. The summed E-state index contributed by atoms with van der Waals surface area (Å²) >= 11 is 0. The number of amides is 1. The maximum atomic E-state index is 12.7. The number of hydrogen-bond donors (Lipinski definition) is 1. The van der Waals surface area contributed by atoms with Gasteiger partial charge in [-0.3, -0.25) is 14.6 Å². The van der Waals surface area contributed by atoms with E-state index in [1.807, 2.05) is 23.5 Å². The van der Waals surface area contributed by atoms with Gasteiger partial charge in [0.25, 0.3) is 5.91 Å². The number of piperidine rings is 1. The predicted octanol–water partition coefficient (Wildman–Crippen LogP) is 3.85. The lowest BCUT2D eigenvalue weighted by Gasteiger charge is -2.32. The summed E-state index contributed by atoms with van der Waals surface area (Å²) in [6.07, 6.45) is 7.53. The first kappa shape index (κ1) is 19.1. The van der Waals surface area contributed by atoms with Gasteiger partial charge in [-0.1, -0.05) is 6.07 Å². The highest BCUT2D eigenvalue weighted by molar-refractivity contribution is 5.94. The minimum absolute atomic E-state index is 0.0410. The van der Waals surface area contributed by atoms with E-state index >= 15 is 0 Å². The van der Waals surface area contributed by atoms with Crippen molar-refractivity contribution < 1.29 is 4.79 Å². The maximum absolute atomic E-state index is 12.7. The van der Waals surface area contributed by atoms with Gasteiger partial charge in [-0.15, -0.1) is 0 Å². The number of rotatable bonds is 4. The van der Waals surface area contributed by atoms with Crippen molar-refractivity contribution in [2.45, 2.75) is 19.4 Å². The van der Waals surface area contributed by atoms with E-state index in [9.17, 15) is 4.79 Å². The minimum Gasteiger partial charge on any atom is -0.339 e. The van der Waals surface area contributed by atoms with Crippen molar-refractivity contribution in [3.63, 3.8) is 0 Å². The second-order valence-corrected chi connectivity index (χ2v) is 8.01. The minimum atomic E-state index is 0.0410. The second kappa shape index (κ2) is 8.07. The summed E-state index contributed by atoms with van der Waals surface area (Å²) in [5.74, 6) is 0.529. The smallest absolute Gasteiger partial charge is 0.253 e. The molecule has 1 saturated heterocycles. The van der Waals surface area contributed by atoms with Crippen LogP contribution < -0.4 is 0 Å². The summed E-state index contributed by atoms with van der Waals surface area (Å²) in [5, 5.41) is 21.5. The Kier molecular flexibility index (Phi) is 4.97. The Balaban J connectivity index is 1.23. The average Bonchev–Trinajstić information content (AvgIpc) is 3.49. The molecule has 31 heavy (non-hydrogen) atoms. The fraction of sp³-hybridized carbons (Fsp3) is 0.250. The van der Waals surface area contributed by atoms with Gasteiger partial charge in [-0.25, -0.2) is 0 Å². The average molecular weight is 410 g/mol. The number of nitrogens with one attached hydrogen (secondary N) is 1. The van der Waals surface area contributed by atoms with Crippen molar-refractivity contribution in [3.8, 4) is 17.2 Å². The lowest BCUT2D eigenvalue weighted by atomic mass is 9.96. The summed E-state index contributed by atoms with van der Waals surface area (Å²) in [6.45, 7) is 2.34. The zero-order valence-corrected chi connectivity index (χ0v) is 17.0. The zero-order valence-electron chi connectivity index (χ0n) is 17.0. The molecule has 1 fully saturated rings. The van der Waals surface area contributed by atoms with Gasteiger partial charge in [0.1, 0.15) is 0 Å². The quantitative estimate of drug-likeness (QED) is 0.553. The summed E-state index contributed by atoms with van der Waals surface area (Å²) in [5.41, 5.74) is 4.52. The number of hydrogen-bond acceptors (Lipinski definition) is 4. The number of aromatic amines is 1. The van der Waals surface area contributed by atoms with Crippen LogP contribution in [0, 0.1) is 17.2 Å². The topological polar surface area (TPSA) is 90.6 Å². The fourth-order valence-corrected chi connectivity index (χ4v) is 4.25. The fourth-order valence-electron chi connectivity index (χ4n) is 4.25. The Hall–Kier alpha value is -3.92. The zero-order chi connectivity index (χ0) is 21.2. The third-order valence-electron chi connectivity index (χ3n) is 6.07. The molecule has 3 heterocycles. The molecule has 0 bridgehead atoms. The Morgan fingerprint density at radius 2 is 1.90 bits per heavy atom. The molecular weight excluding hydrogens is 388 g/mol. The molecule has 1 amide bonds. The van der Waals surface area contributed by atoms with E-state index < -0.39 is 0 Å². The molecule has 1 aliphatic heterocycles. The van der Waals surface area contributed by atoms with Crippen LogP contribution >= 0.6 is 0 Å². The Bertz CT molecular complexity index is 1240. The molecule has 0 saturated carbocycles. The predicted molar refractivity (Wildman–Crippen MR) is 117 cm³/mol. The highest BCUT2D eigenvalue weighted by atomic mass is 16.2. The van der Waals surface area contributed by atoms with Crippen molar-refractivity contribution in [3.05, 3.63) is 72.2 Å². The first-order valence-electron chi connectivity index (χ1n) is 10.5. The Labute approximate surface area is 179 Å². The maximum Gasteiger partial charge on any atom is 0.253 e. The van der Waals surface area contributed by atoms with Crippen LogP contribution in [0.15, 0.2) is 61.1 Å². The molecule has 1 aliphatic rings. The van der Waals surface area contributed by atoms with Gasteiger partial charge in [0.15, 0.2) is 0 Å². The molecule has 2 aromatic carbocycles. The highest BCUT2D eigenvalue weighted by Crippen LogP contribution is 2.26. The molecule has 4 aromatic rings. The molecule has 0 aliphatic carbocycles. The molecule has 7 heteroatoms. The highest BCUT2D eigenvalue weighted by Gasteiger charge is 2.24. The van der Waals surface area contributed by atoms with Crippen LogP contribution in [0.4, 0.5) is 0 Å². The molecule has 0 unspecified atom stereocenters. The van der Waals surface area contributed by atoms with Crippen molar-refractivity contribution in [2.75, 3.05) is 13.1 Å². The number of nitriles is 1. The Morgan fingerprint density at radius 1 is 1.10 bits per heavy atom. The first-order chi connectivity index (χ1) is 15.2. The monoisotopic (exact) mass is 410 g/mol. The molecule has 2 aromatic heterocycles.